The highest BCUT2D eigenvalue weighted by Crippen LogP contribution is 2.13. The van der Waals surface area contributed by atoms with Gasteiger partial charge in [-0.2, -0.15) is 13.2 Å². The summed E-state index contributed by atoms with van der Waals surface area (Å²) >= 11 is 0. The first-order valence-corrected chi connectivity index (χ1v) is 5.75. The Hall–Kier alpha value is -1.09. The summed E-state index contributed by atoms with van der Waals surface area (Å²) in [5, 5.41) is 8.23. The van der Waals surface area contributed by atoms with Crippen LogP contribution in [0.5, 0.6) is 0 Å². The van der Waals surface area contributed by atoms with Crippen LogP contribution in [0.1, 0.15) is 6.92 Å². The van der Waals surface area contributed by atoms with Gasteiger partial charge in [0.2, 0.25) is 0 Å². The van der Waals surface area contributed by atoms with E-state index in [1.54, 1.807) is 6.92 Å². The second kappa shape index (κ2) is 6.48. The number of carboxylic acids is 1. The number of alkyl halides is 3. The van der Waals surface area contributed by atoms with Crippen LogP contribution in [-0.2, 0) is 14.6 Å². The number of nitrogens with two attached hydrogens (primary N) is 1. The predicted octanol–water partition coefficient (Wildman–Crippen LogP) is 0.525. The summed E-state index contributed by atoms with van der Waals surface area (Å²) in [6.07, 6.45) is -2.51. The predicted molar refractivity (Wildman–Crippen MR) is 51.3 cm³/mol. The fraction of sp³-hybridized carbons (Fsp3) is 0.571. The molecule has 0 aromatic carbocycles. The number of halogens is 3. The molecule has 9 heteroatoms. The molecular weight excluding hydrogens is 251 g/mol. The minimum absolute atomic E-state index is 0.195. The lowest BCUT2D eigenvalue weighted by molar-refractivity contribution is -0.192. The molecule has 3 N–H and O–H groups in total. The molecule has 0 aliphatic heterocycles. The SMILES string of the molecule is CC(N)/C=C/S(C)(=O)=O.O=C(O)C(F)(F)F. The van der Waals surface area contributed by atoms with Gasteiger partial charge in [-0.15, -0.1) is 0 Å². The lowest BCUT2D eigenvalue weighted by Crippen LogP contribution is -2.21. The third-order valence-corrected chi connectivity index (χ3v) is 1.52. The zero-order chi connectivity index (χ0) is 13.6. The van der Waals surface area contributed by atoms with E-state index in [0.717, 1.165) is 11.7 Å². The summed E-state index contributed by atoms with van der Waals surface area (Å²) in [4.78, 5) is 8.90. The van der Waals surface area contributed by atoms with E-state index in [4.69, 9.17) is 15.6 Å². The van der Waals surface area contributed by atoms with Gasteiger partial charge in [-0.25, -0.2) is 13.2 Å². The van der Waals surface area contributed by atoms with Gasteiger partial charge in [-0.05, 0) is 6.92 Å². The smallest absolute Gasteiger partial charge is 0.475 e. The third kappa shape index (κ3) is 15.4. The van der Waals surface area contributed by atoms with Crippen LogP contribution in [0.25, 0.3) is 0 Å². The van der Waals surface area contributed by atoms with E-state index < -0.39 is 22.0 Å². The van der Waals surface area contributed by atoms with E-state index in [9.17, 15) is 21.6 Å². The fourth-order valence-electron chi connectivity index (χ4n) is 0.267. The van der Waals surface area contributed by atoms with Crippen molar-refractivity contribution in [2.24, 2.45) is 5.73 Å². The van der Waals surface area contributed by atoms with E-state index in [-0.39, 0.29) is 6.04 Å². The van der Waals surface area contributed by atoms with E-state index >= 15 is 0 Å². The van der Waals surface area contributed by atoms with Crippen LogP contribution in [0.15, 0.2) is 11.5 Å². The molecule has 0 aliphatic rings. The minimum atomic E-state index is -5.08. The molecule has 16 heavy (non-hydrogen) atoms. The van der Waals surface area contributed by atoms with Crippen molar-refractivity contribution in [2.75, 3.05) is 6.26 Å². The molecular formula is C7H12F3NO4S. The van der Waals surface area contributed by atoms with Gasteiger partial charge in [-0.3, -0.25) is 0 Å². The van der Waals surface area contributed by atoms with Gasteiger partial charge >= 0.3 is 12.1 Å². The van der Waals surface area contributed by atoms with Crippen molar-refractivity contribution in [3.63, 3.8) is 0 Å². The van der Waals surface area contributed by atoms with Gasteiger partial charge < -0.3 is 10.8 Å². The number of carboxylic acid groups (broad SMARTS) is 1. The standard InChI is InChI=1S/C5H11NO2S.C2HF3O2/c1-5(6)3-4-9(2,7)8;3-2(4,5)1(6)7/h3-5H,6H2,1-2H3;(H,6,7)/b4-3+;. The van der Waals surface area contributed by atoms with Crippen molar-refractivity contribution in [3.05, 3.63) is 11.5 Å². The Kier molecular flexibility index (Phi) is 7.01. The van der Waals surface area contributed by atoms with E-state index in [2.05, 4.69) is 0 Å². The number of hydrogen-bond acceptors (Lipinski definition) is 4. The van der Waals surface area contributed by atoms with Gasteiger partial charge in [0.05, 0.1) is 0 Å². The molecule has 0 saturated carbocycles. The van der Waals surface area contributed by atoms with Crippen molar-refractivity contribution in [3.8, 4) is 0 Å². The maximum Gasteiger partial charge on any atom is 0.490 e. The lowest BCUT2D eigenvalue weighted by atomic mass is 10.4. The van der Waals surface area contributed by atoms with Crippen LogP contribution in [0.2, 0.25) is 0 Å². The monoisotopic (exact) mass is 263 g/mol. The van der Waals surface area contributed by atoms with Gasteiger partial charge in [0, 0.05) is 17.7 Å². The molecule has 0 fully saturated rings. The normalized spacial score (nSPS) is 14.1. The van der Waals surface area contributed by atoms with Crippen molar-refractivity contribution < 1.29 is 31.5 Å². The third-order valence-electron chi connectivity index (χ3n) is 0.872. The van der Waals surface area contributed by atoms with Crippen LogP contribution in [0.3, 0.4) is 0 Å². The zero-order valence-corrected chi connectivity index (χ0v) is 9.34. The molecule has 0 aliphatic carbocycles. The van der Waals surface area contributed by atoms with Gasteiger partial charge in [-0.1, -0.05) is 6.08 Å². The molecule has 5 nitrogen and oxygen atoms in total. The van der Waals surface area contributed by atoms with Crippen LogP contribution in [0.4, 0.5) is 13.2 Å². The average molecular weight is 263 g/mol. The summed E-state index contributed by atoms with van der Waals surface area (Å²) in [6.45, 7) is 1.71. The van der Waals surface area contributed by atoms with E-state index in [0.29, 0.717) is 0 Å². The summed E-state index contributed by atoms with van der Waals surface area (Å²) in [5.41, 5.74) is 5.25. The Labute approximate surface area is 90.7 Å². The summed E-state index contributed by atoms with van der Waals surface area (Å²) in [6, 6.07) is -0.195. The highest BCUT2D eigenvalue weighted by molar-refractivity contribution is 7.93. The topological polar surface area (TPSA) is 97.5 Å². The largest absolute Gasteiger partial charge is 0.490 e. The molecule has 0 saturated heterocycles. The molecule has 0 aromatic rings. The quantitative estimate of drug-likeness (QED) is 0.757. The molecule has 0 aromatic heterocycles. The number of sulfone groups is 1. The van der Waals surface area contributed by atoms with Crippen LogP contribution in [-0.4, -0.2) is 38.0 Å². The van der Waals surface area contributed by atoms with Crippen molar-refractivity contribution in [1.82, 2.24) is 0 Å². The average Bonchev–Trinajstić information content (AvgIpc) is 1.99. The van der Waals surface area contributed by atoms with Crippen LogP contribution >= 0.6 is 0 Å². The van der Waals surface area contributed by atoms with Gasteiger partial charge in [0.15, 0.2) is 9.84 Å². The van der Waals surface area contributed by atoms with Crippen LogP contribution in [0, 0.1) is 0 Å². The van der Waals surface area contributed by atoms with Gasteiger partial charge in [0.1, 0.15) is 0 Å². The molecule has 1 unspecified atom stereocenters. The number of hydrogen-bond donors (Lipinski definition) is 2. The Morgan fingerprint density at radius 3 is 1.81 bits per heavy atom. The lowest BCUT2D eigenvalue weighted by Gasteiger charge is -1.93. The summed E-state index contributed by atoms with van der Waals surface area (Å²) in [7, 11) is -2.98. The zero-order valence-electron chi connectivity index (χ0n) is 8.52. The first kappa shape index (κ1) is 17.3. The van der Waals surface area contributed by atoms with Crippen LogP contribution < -0.4 is 5.73 Å². The minimum Gasteiger partial charge on any atom is -0.475 e. The first-order valence-electron chi connectivity index (χ1n) is 3.80. The Bertz CT molecular complexity index is 345. The van der Waals surface area contributed by atoms with Crippen molar-refractivity contribution in [2.45, 2.75) is 19.1 Å². The molecule has 0 amide bonds. The first-order chi connectivity index (χ1) is 6.86. The summed E-state index contributed by atoms with van der Waals surface area (Å²) in [5.74, 6) is -2.76. The van der Waals surface area contributed by atoms with Gasteiger partial charge in [0.25, 0.3) is 0 Å². The van der Waals surface area contributed by atoms with E-state index in [1.165, 1.54) is 6.08 Å². The maximum atomic E-state index is 10.6. The molecule has 1 atom stereocenters. The second-order valence-electron chi connectivity index (χ2n) is 2.82. The molecule has 0 heterocycles. The Morgan fingerprint density at radius 2 is 1.75 bits per heavy atom. The van der Waals surface area contributed by atoms with Crippen molar-refractivity contribution >= 4 is 15.8 Å². The Morgan fingerprint density at radius 1 is 1.44 bits per heavy atom. The fourth-order valence-corrected chi connectivity index (χ4v) is 0.800. The van der Waals surface area contributed by atoms with E-state index in [1.807, 2.05) is 0 Å². The molecule has 0 rings (SSSR count). The highest BCUT2D eigenvalue weighted by atomic mass is 32.2. The molecule has 96 valence electrons. The maximum absolute atomic E-state index is 10.6. The van der Waals surface area contributed by atoms with Crippen molar-refractivity contribution in [1.29, 1.82) is 0 Å². The molecule has 0 radical (unpaired) electrons. The highest BCUT2D eigenvalue weighted by Gasteiger charge is 2.38. The number of aliphatic carboxylic acids is 1. The number of rotatable bonds is 2. The second-order valence-corrected chi connectivity index (χ2v) is 4.75. The number of carbonyl (C=O) groups is 1. The Balaban J connectivity index is 0. The molecule has 0 bridgehead atoms. The summed E-state index contributed by atoms with van der Waals surface area (Å²) < 4.78 is 52.5. The molecule has 0 spiro atoms.